The van der Waals surface area contributed by atoms with Crippen molar-refractivity contribution in [2.75, 3.05) is 58.7 Å². The molecule has 2 fully saturated rings. The zero-order valence-corrected chi connectivity index (χ0v) is 16.7. The van der Waals surface area contributed by atoms with E-state index in [0.29, 0.717) is 6.54 Å². The molecule has 0 radical (unpaired) electrons. The Kier molecular flexibility index (Phi) is 6.45. The zero-order valence-electron chi connectivity index (χ0n) is 15.1. The zero-order chi connectivity index (χ0) is 17.9. The van der Waals surface area contributed by atoms with Crippen LogP contribution in [0.2, 0.25) is 0 Å². The van der Waals surface area contributed by atoms with Gasteiger partial charge in [-0.25, -0.2) is 13.4 Å². The van der Waals surface area contributed by atoms with E-state index in [1.165, 1.54) is 11.1 Å². The summed E-state index contributed by atoms with van der Waals surface area (Å²) in [6, 6.07) is 0.0734. The number of hydrogen-bond donors (Lipinski definition) is 0. The summed E-state index contributed by atoms with van der Waals surface area (Å²) in [6.45, 7) is 9.24. The average Bonchev–Trinajstić information content (AvgIpc) is 3.18. The number of aryl methyl sites for hydroxylation is 1. The van der Waals surface area contributed by atoms with Crippen LogP contribution in [0, 0.1) is 6.92 Å². The minimum atomic E-state index is -3.20. The monoisotopic (exact) mass is 388 g/mol. The van der Waals surface area contributed by atoms with Crippen molar-refractivity contribution in [3.8, 4) is 0 Å². The van der Waals surface area contributed by atoms with Crippen molar-refractivity contribution in [1.82, 2.24) is 19.1 Å². The summed E-state index contributed by atoms with van der Waals surface area (Å²) in [5.74, 6) is 0. The molecule has 1 atom stereocenters. The minimum absolute atomic E-state index is 0.0734. The van der Waals surface area contributed by atoms with E-state index in [1.54, 1.807) is 15.6 Å². The highest BCUT2D eigenvalue weighted by Gasteiger charge is 2.33. The van der Waals surface area contributed by atoms with Crippen LogP contribution < -0.4 is 0 Å². The van der Waals surface area contributed by atoms with E-state index in [9.17, 15) is 8.42 Å². The van der Waals surface area contributed by atoms with E-state index < -0.39 is 10.0 Å². The Morgan fingerprint density at radius 2 is 2.08 bits per heavy atom. The van der Waals surface area contributed by atoms with Gasteiger partial charge in [-0.3, -0.25) is 9.80 Å². The largest absolute Gasteiger partial charge is 0.379 e. The summed E-state index contributed by atoms with van der Waals surface area (Å²) >= 11 is 1.68. The lowest BCUT2D eigenvalue weighted by Gasteiger charge is -2.31. The van der Waals surface area contributed by atoms with Gasteiger partial charge in [0.05, 0.1) is 30.7 Å². The first-order valence-corrected chi connectivity index (χ1v) is 11.5. The second-order valence-corrected chi connectivity index (χ2v) is 9.74. The highest BCUT2D eigenvalue weighted by atomic mass is 32.2. The molecule has 0 amide bonds. The molecular formula is C16H28N4O3S2. The quantitative estimate of drug-likeness (QED) is 0.682. The topological polar surface area (TPSA) is 66.0 Å². The van der Waals surface area contributed by atoms with Crippen molar-refractivity contribution >= 4 is 21.4 Å². The lowest BCUT2D eigenvalue weighted by molar-refractivity contribution is 0.0354. The molecule has 9 heteroatoms. The van der Waals surface area contributed by atoms with Gasteiger partial charge >= 0.3 is 0 Å². The molecule has 3 rings (SSSR count). The lowest BCUT2D eigenvalue weighted by atomic mass is 10.2. The third-order valence-electron chi connectivity index (χ3n) is 5.03. The fourth-order valence-electron chi connectivity index (χ4n) is 3.56. The molecule has 0 aliphatic carbocycles. The molecule has 2 saturated heterocycles. The molecule has 7 nitrogen and oxygen atoms in total. The number of likely N-dealkylation sites (tertiary alicyclic amines) is 1. The van der Waals surface area contributed by atoms with Gasteiger partial charge in [0.25, 0.3) is 0 Å². The third kappa shape index (κ3) is 5.21. The molecule has 2 aliphatic rings. The van der Waals surface area contributed by atoms with Crippen LogP contribution in [0.4, 0.5) is 0 Å². The number of nitrogens with zero attached hydrogens (tertiary/aromatic N) is 4. The van der Waals surface area contributed by atoms with Crippen molar-refractivity contribution in [3.63, 3.8) is 0 Å². The van der Waals surface area contributed by atoms with Crippen LogP contribution in [0.15, 0.2) is 5.51 Å². The molecule has 1 aromatic heterocycles. The van der Waals surface area contributed by atoms with Gasteiger partial charge in [0.15, 0.2) is 0 Å². The van der Waals surface area contributed by atoms with Crippen molar-refractivity contribution in [1.29, 1.82) is 0 Å². The maximum Gasteiger partial charge on any atom is 0.211 e. The fourth-order valence-corrected chi connectivity index (χ4v) is 5.50. The van der Waals surface area contributed by atoms with Crippen LogP contribution in [0.5, 0.6) is 0 Å². The van der Waals surface area contributed by atoms with Crippen molar-refractivity contribution < 1.29 is 13.2 Å². The van der Waals surface area contributed by atoms with Crippen LogP contribution >= 0.6 is 11.3 Å². The molecule has 142 valence electrons. The number of hydrogen-bond acceptors (Lipinski definition) is 7. The van der Waals surface area contributed by atoms with Crippen molar-refractivity contribution in [2.45, 2.75) is 25.9 Å². The van der Waals surface area contributed by atoms with Gasteiger partial charge in [-0.2, -0.15) is 4.31 Å². The molecule has 0 saturated carbocycles. The Bertz CT molecular complexity index is 658. The van der Waals surface area contributed by atoms with Gasteiger partial charge in [0.1, 0.15) is 0 Å². The number of aromatic nitrogens is 1. The van der Waals surface area contributed by atoms with E-state index >= 15 is 0 Å². The van der Waals surface area contributed by atoms with Gasteiger partial charge in [-0.05, 0) is 13.3 Å². The molecule has 0 N–H and O–H groups in total. The van der Waals surface area contributed by atoms with Crippen LogP contribution in [-0.4, -0.2) is 92.3 Å². The van der Waals surface area contributed by atoms with Gasteiger partial charge in [0.2, 0.25) is 10.0 Å². The number of morpholine rings is 1. The summed E-state index contributed by atoms with van der Waals surface area (Å²) in [6.07, 6.45) is 2.23. The van der Waals surface area contributed by atoms with Crippen molar-refractivity contribution in [3.05, 3.63) is 16.1 Å². The second kappa shape index (κ2) is 8.41. The smallest absolute Gasteiger partial charge is 0.211 e. The average molecular weight is 389 g/mol. The number of sulfonamides is 1. The van der Waals surface area contributed by atoms with Gasteiger partial charge < -0.3 is 4.74 Å². The number of thiazole rings is 1. The highest BCUT2D eigenvalue weighted by molar-refractivity contribution is 7.88. The van der Waals surface area contributed by atoms with E-state index in [-0.39, 0.29) is 6.04 Å². The summed E-state index contributed by atoms with van der Waals surface area (Å²) in [5.41, 5.74) is 2.96. The fraction of sp³-hybridized carbons (Fsp3) is 0.812. The van der Waals surface area contributed by atoms with Crippen molar-refractivity contribution in [2.24, 2.45) is 0 Å². The first-order valence-electron chi connectivity index (χ1n) is 8.81. The van der Waals surface area contributed by atoms with E-state index in [4.69, 9.17) is 4.74 Å². The summed E-state index contributed by atoms with van der Waals surface area (Å²) in [7, 11) is -3.20. The normalized spacial score (nSPS) is 23.6. The second-order valence-electron chi connectivity index (χ2n) is 6.87. The molecule has 3 heterocycles. The van der Waals surface area contributed by atoms with Crippen LogP contribution in [0.3, 0.4) is 0 Å². The van der Waals surface area contributed by atoms with Crippen LogP contribution in [0.25, 0.3) is 0 Å². The Balaban J connectivity index is 1.57. The predicted octanol–water partition coefficient (Wildman–Crippen LogP) is 0.620. The highest BCUT2D eigenvalue weighted by Crippen LogP contribution is 2.22. The summed E-state index contributed by atoms with van der Waals surface area (Å²) in [5, 5.41) is 0. The molecule has 0 aromatic carbocycles. The Morgan fingerprint density at radius 3 is 2.72 bits per heavy atom. The van der Waals surface area contributed by atoms with Crippen LogP contribution in [-0.2, 0) is 21.3 Å². The Labute approximate surface area is 154 Å². The van der Waals surface area contributed by atoms with Crippen LogP contribution in [0.1, 0.15) is 17.0 Å². The van der Waals surface area contributed by atoms with E-state index in [1.807, 2.05) is 12.4 Å². The van der Waals surface area contributed by atoms with E-state index in [0.717, 1.165) is 64.6 Å². The summed E-state index contributed by atoms with van der Waals surface area (Å²) in [4.78, 5) is 10.2. The predicted molar refractivity (Wildman–Crippen MR) is 99.3 cm³/mol. The SMILES string of the molecule is Cc1ncsc1CN1CCC(N(CCN2CCOCC2)S(C)(=O)=O)C1. The van der Waals surface area contributed by atoms with Gasteiger partial charge in [-0.1, -0.05) is 0 Å². The number of rotatable bonds is 7. The molecular weight excluding hydrogens is 360 g/mol. The van der Waals surface area contributed by atoms with Gasteiger partial charge in [0, 0.05) is 56.7 Å². The number of ether oxygens (including phenoxy) is 1. The first kappa shape index (κ1) is 19.2. The molecule has 25 heavy (non-hydrogen) atoms. The Morgan fingerprint density at radius 1 is 1.32 bits per heavy atom. The molecule has 1 unspecified atom stereocenters. The first-order chi connectivity index (χ1) is 11.9. The standard InChI is InChI=1S/C16H28N4O3S2/c1-14-16(24-13-17-14)12-19-4-3-15(11-19)20(25(2,21)22)6-5-18-7-9-23-10-8-18/h13,15H,3-12H2,1-2H3. The molecule has 2 aliphatic heterocycles. The Hall–Kier alpha value is -0.580. The minimum Gasteiger partial charge on any atom is -0.379 e. The molecule has 1 aromatic rings. The molecule has 0 spiro atoms. The maximum absolute atomic E-state index is 12.3. The maximum atomic E-state index is 12.3. The summed E-state index contributed by atoms with van der Waals surface area (Å²) < 4.78 is 31.7. The van der Waals surface area contributed by atoms with E-state index in [2.05, 4.69) is 14.8 Å². The lowest BCUT2D eigenvalue weighted by Crippen LogP contribution is -2.47. The molecule has 0 bridgehead atoms. The van der Waals surface area contributed by atoms with Gasteiger partial charge in [-0.15, -0.1) is 11.3 Å². The third-order valence-corrected chi connectivity index (χ3v) is 7.29.